The van der Waals surface area contributed by atoms with Gasteiger partial charge in [-0.15, -0.1) is 11.3 Å². The number of hydrogen-bond acceptors (Lipinski definition) is 4. The summed E-state index contributed by atoms with van der Waals surface area (Å²) in [7, 11) is 3.53. The molecule has 0 aromatic carbocycles. The molecular formula is C12H17BrN2O2S. The fourth-order valence-corrected chi connectivity index (χ4v) is 3.62. The van der Waals surface area contributed by atoms with Gasteiger partial charge in [0.25, 0.3) is 0 Å². The fraction of sp³-hybridized carbons (Fsp3) is 0.583. The lowest BCUT2D eigenvalue weighted by Gasteiger charge is -2.20. The first kappa shape index (κ1) is 14.0. The van der Waals surface area contributed by atoms with Crippen LogP contribution < -0.4 is 5.32 Å². The maximum absolute atomic E-state index is 12.2. The Balaban J connectivity index is 1.89. The highest BCUT2D eigenvalue weighted by atomic mass is 79.9. The van der Waals surface area contributed by atoms with Crippen molar-refractivity contribution in [3.05, 3.63) is 20.8 Å². The van der Waals surface area contributed by atoms with Crippen molar-refractivity contribution in [1.82, 2.24) is 10.2 Å². The number of ether oxygens (including phenoxy) is 1. The predicted molar refractivity (Wildman–Crippen MR) is 75.7 cm³/mol. The zero-order valence-corrected chi connectivity index (χ0v) is 12.9. The van der Waals surface area contributed by atoms with Crippen molar-refractivity contribution < 1.29 is 9.53 Å². The highest BCUT2D eigenvalue weighted by Gasteiger charge is 2.31. The summed E-state index contributed by atoms with van der Waals surface area (Å²) in [5.41, 5.74) is 0. The topological polar surface area (TPSA) is 41.6 Å². The minimum Gasteiger partial charge on any atom is -0.380 e. The van der Waals surface area contributed by atoms with Gasteiger partial charge in [0.2, 0.25) is 5.91 Å². The minimum atomic E-state index is -0.108. The number of rotatable bonds is 4. The third-order valence-electron chi connectivity index (χ3n) is 3.12. The summed E-state index contributed by atoms with van der Waals surface area (Å²) < 4.78 is 6.35. The molecule has 1 aromatic heterocycles. The van der Waals surface area contributed by atoms with Crippen molar-refractivity contribution >= 4 is 33.2 Å². The Kier molecular flexibility index (Phi) is 4.77. The molecule has 100 valence electrons. The number of carbonyl (C=O) groups excluding carboxylic acids is 1. The lowest BCUT2D eigenvalue weighted by Crippen LogP contribution is -2.41. The number of halogens is 1. The van der Waals surface area contributed by atoms with E-state index in [0.717, 1.165) is 16.8 Å². The van der Waals surface area contributed by atoms with E-state index in [4.69, 9.17) is 4.74 Å². The summed E-state index contributed by atoms with van der Waals surface area (Å²) in [6, 6.07) is 3.94. The van der Waals surface area contributed by atoms with Gasteiger partial charge in [-0.25, -0.2) is 0 Å². The number of amides is 1. The largest absolute Gasteiger partial charge is 0.380 e. The van der Waals surface area contributed by atoms with Gasteiger partial charge in [0.1, 0.15) is 0 Å². The molecule has 1 amide bonds. The highest BCUT2D eigenvalue weighted by Crippen LogP contribution is 2.23. The third kappa shape index (κ3) is 3.32. The predicted octanol–water partition coefficient (Wildman–Crippen LogP) is 1.85. The van der Waals surface area contributed by atoms with Crippen molar-refractivity contribution in [3.63, 3.8) is 0 Å². The van der Waals surface area contributed by atoms with E-state index < -0.39 is 0 Å². The van der Waals surface area contributed by atoms with E-state index in [-0.39, 0.29) is 18.1 Å². The Morgan fingerprint density at radius 1 is 1.67 bits per heavy atom. The number of thiophene rings is 1. The Hall–Kier alpha value is -0.430. The molecule has 1 N–H and O–H groups in total. The molecule has 0 bridgehead atoms. The molecule has 0 unspecified atom stereocenters. The zero-order chi connectivity index (χ0) is 13.1. The van der Waals surface area contributed by atoms with Gasteiger partial charge in [-0.3, -0.25) is 4.79 Å². The van der Waals surface area contributed by atoms with Crippen molar-refractivity contribution in [2.24, 2.45) is 0 Å². The van der Waals surface area contributed by atoms with Crippen LogP contribution in [0, 0.1) is 0 Å². The second-order valence-electron chi connectivity index (χ2n) is 4.45. The van der Waals surface area contributed by atoms with Gasteiger partial charge in [-0.1, -0.05) is 0 Å². The number of nitrogens with one attached hydrogen (secondary N) is 1. The summed E-state index contributed by atoms with van der Waals surface area (Å²) in [6.45, 7) is 1.41. The van der Waals surface area contributed by atoms with Gasteiger partial charge in [-0.05, 0) is 34.5 Å². The first-order valence-electron chi connectivity index (χ1n) is 5.85. The first-order chi connectivity index (χ1) is 8.60. The monoisotopic (exact) mass is 332 g/mol. The molecule has 1 fully saturated rings. The van der Waals surface area contributed by atoms with Crippen LogP contribution in [0.2, 0.25) is 0 Å². The second kappa shape index (κ2) is 6.14. The lowest BCUT2D eigenvalue weighted by atomic mass is 10.2. The molecule has 4 nitrogen and oxygen atoms in total. The van der Waals surface area contributed by atoms with Crippen LogP contribution in [0.15, 0.2) is 15.9 Å². The van der Waals surface area contributed by atoms with Crippen LogP contribution in [0.3, 0.4) is 0 Å². The molecule has 6 heteroatoms. The van der Waals surface area contributed by atoms with Crippen LogP contribution in [0.4, 0.5) is 0 Å². The van der Waals surface area contributed by atoms with Crippen molar-refractivity contribution in [2.75, 3.05) is 20.7 Å². The first-order valence-corrected chi connectivity index (χ1v) is 7.46. The van der Waals surface area contributed by atoms with Gasteiger partial charge in [-0.2, -0.15) is 0 Å². The number of nitrogens with zero attached hydrogens (tertiary/aromatic N) is 1. The number of methoxy groups -OCH3 is 1. The summed E-state index contributed by atoms with van der Waals surface area (Å²) in [5, 5.41) is 3.21. The van der Waals surface area contributed by atoms with E-state index in [1.165, 1.54) is 4.88 Å². The molecule has 1 aliphatic heterocycles. The maximum atomic E-state index is 12.2. The number of likely N-dealkylation sites (N-methyl/N-ethyl adjacent to an activating group) is 1. The van der Waals surface area contributed by atoms with E-state index in [1.807, 2.05) is 19.2 Å². The van der Waals surface area contributed by atoms with E-state index >= 15 is 0 Å². The van der Waals surface area contributed by atoms with Crippen LogP contribution in [0.25, 0.3) is 0 Å². The minimum absolute atomic E-state index is 0.108. The number of hydrogen-bond donors (Lipinski definition) is 1. The summed E-state index contributed by atoms with van der Waals surface area (Å²) in [5.74, 6) is 0.138. The molecule has 0 saturated carbocycles. The summed E-state index contributed by atoms with van der Waals surface area (Å²) in [4.78, 5) is 15.2. The van der Waals surface area contributed by atoms with Crippen molar-refractivity contribution in [1.29, 1.82) is 0 Å². The van der Waals surface area contributed by atoms with Crippen molar-refractivity contribution in [2.45, 2.75) is 25.1 Å². The molecule has 0 spiro atoms. The Morgan fingerprint density at radius 2 is 2.44 bits per heavy atom. The van der Waals surface area contributed by atoms with E-state index in [0.29, 0.717) is 6.54 Å². The molecule has 0 radical (unpaired) electrons. The molecular weight excluding hydrogens is 316 g/mol. The average Bonchev–Trinajstić information content (AvgIpc) is 2.97. The van der Waals surface area contributed by atoms with Crippen LogP contribution in [-0.4, -0.2) is 43.7 Å². The van der Waals surface area contributed by atoms with Gasteiger partial charge in [0, 0.05) is 25.6 Å². The van der Waals surface area contributed by atoms with Crippen LogP contribution in [-0.2, 0) is 16.1 Å². The third-order valence-corrected chi connectivity index (χ3v) is 4.73. The molecule has 2 rings (SSSR count). The fourth-order valence-electron chi connectivity index (χ4n) is 2.09. The summed E-state index contributed by atoms with van der Waals surface area (Å²) in [6.07, 6.45) is 0.914. The molecule has 1 saturated heterocycles. The molecule has 18 heavy (non-hydrogen) atoms. The normalized spacial score (nSPS) is 23.3. The van der Waals surface area contributed by atoms with Gasteiger partial charge < -0.3 is 15.0 Å². The van der Waals surface area contributed by atoms with Crippen LogP contribution >= 0.6 is 27.3 Å². The highest BCUT2D eigenvalue weighted by molar-refractivity contribution is 9.11. The van der Waals surface area contributed by atoms with Gasteiger partial charge in [0.15, 0.2) is 0 Å². The second-order valence-corrected chi connectivity index (χ2v) is 7.00. The molecule has 2 atom stereocenters. The van der Waals surface area contributed by atoms with Gasteiger partial charge >= 0.3 is 0 Å². The standard InChI is InChI=1S/C12H17BrN2O2S/c1-15(7-9-3-4-11(13)18-9)12(16)10-5-8(17-2)6-14-10/h3-4,8,10,14H,5-7H2,1-2H3/t8-,10-/m1/s1. The number of carbonyl (C=O) groups is 1. The smallest absolute Gasteiger partial charge is 0.239 e. The Bertz CT molecular complexity index is 424. The summed E-state index contributed by atoms with van der Waals surface area (Å²) >= 11 is 5.09. The SMILES string of the molecule is CO[C@H]1CN[C@@H](C(=O)N(C)Cc2ccc(Br)s2)C1. The van der Waals surface area contributed by atoms with Crippen molar-refractivity contribution in [3.8, 4) is 0 Å². The van der Waals surface area contributed by atoms with E-state index in [1.54, 1.807) is 23.3 Å². The molecule has 0 aliphatic carbocycles. The van der Waals surface area contributed by atoms with E-state index in [9.17, 15) is 4.79 Å². The quantitative estimate of drug-likeness (QED) is 0.914. The lowest BCUT2D eigenvalue weighted by molar-refractivity contribution is -0.132. The van der Waals surface area contributed by atoms with E-state index in [2.05, 4.69) is 21.2 Å². The maximum Gasteiger partial charge on any atom is 0.239 e. The molecule has 1 aliphatic rings. The Labute approximate surface area is 119 Å². The Morgan fingerprint density at radius 3 is 3.00 bits per heavy atom. The van der Waals surface area contributed by atoms with Crippen LogP contribution in [0.5, 0.6) is 0 Å². The van der Waals surface area contributed by atoms with Gasteiger partial charge in [0.05, 0.1) is 22.5 Å². The van der Waals surface area contributed by atoms with Crippen LogP contribution in [0.1, 0.15) is 11.3 Å². The zero-order valence-electron chi connectivity index (χ0n) is 10.5. The average molecular weight is 333 g/mol. The molecule has 2 heterocycles. The molecule has 1 aromatic rings.